The Morgan fingerprint density at radius 2 is 2.30 bits per heavy atom. The van der Waals surface area contributed by atoms with Gasteiger partial charge >= 0.3 is 0 Å². The van der Waals surface area contributed by atoms with Crippen LogP contribution in [0.5, 0.6) is 0 Å². The molecule has 1 aliphatic heterocycles. The second kappa shape index (κ2) is 2.48. The van der Waals surface area contributed by atoms with E-state index >= 15 is 0 Å². The Hall–Kier alpha value is -0.130. The van der Waals surface area contributed by atoms with Crippen LogP contribution in [0.2, 0.25) is 0 Å². The maximum absolute atomic E-state index is 10.8. The third-order valence-corrected chi connectivity index (χ3v) is 3.06. The molecular weight excluding hydrogens is 154 g/mol. The molecule has 1 aliphatic rings. The lowest BCUT2D eigenvalue weighted by molar-refractivity contribution is 0.117. The topological polar surface area (TPSA) is 57.6 Å². The summed E-state index contributed by atoms with van der Waals surface area (Å²) in [6.07, 6.45) is 1.94. The molecule has 1 fully saturated rings. The summed E-state index contributed by atoms with van der Waals surface area (Å²) in [7, 11) is -3.05. The van der Waals surface area contributed by atoms with Crippen molar-refractivity contribution in [3.8, 4) is 0 Å². The van der Waals surface area contributed by atoms with Gasteiger partial charge < -0.3 is 5.11 Å². The molecule has 0 unspecified atom stereocenters. The summed E-state index contributed by atoms with van der Waals surface area (Å²) < 4.78 is 22.9. The van der Waals surface area contributed by atoms with Gasteiger partial charge in [0.1, 0.15) is 0 Å². The summed E-state index contributed by atoms with van der Waals surface area (Å²) in [5, 5.41) is 8.61. The Morgan fingerprint density at radius 1 is 1.70 bits per heavy atom. The molecule has 1 N–H and O–H groups in total. The molecule has 5 heteroatoms. The summed E-state index contributed by atoms with van der Waals surface area (Å²) in [6.45, 7) is 0.497. The third kappa shape index (κ3) is 1.31. The molecule has 0 aromatic carbocycles. The first-order valence-electron chi connectivity index (χ1n) is 3.13. The van der Waals surface area contributed by atoms with E-state index in [-0.39, 0.29) is 12.6 Å². The van der Waals surface area contributed by atoms with Gasteiger partial charge in [0.25, 0.3) is 0 Å². The van der Waals surface area contributed by atoms with Crippen molar-refractivity contribution in [3.05, 3.63) is 0 Å². The average molecular weight is 165 g/mol. The molecule has 0 bridgehead atoms. The van der Waals surface area contributed by atoms with Crippen molar-refractivity contribution in [1.29, 1.82) is 0 Å². The van der Waals surface area contributed by atoms with E-state index in [0.29, 0.717) is 6.54 Å². The van der Waals surface area contributed by atoms with Crippen molar-refractivity contribution in [2.45, 2.75) is 12.5 Å². The van der Waals surface area contributed by atoms with Gasteiger partial charge in [0.2, 0.25) is 10.0 Å². The second-order valence-corrected chi connectivity index (χ2v) is 4.43. The molecule has 4 nitrogen and oxygen atoms in total. The molecular formula is C5H11NO3S. The molecule has 0 aromatic heterocycles. The minimum absolute atomic E-state index is 0.0624. The summed E-state index contributed by atoms with van der Waals surface area (Å²) in [5.41, 5.74) is 0. The molecule has 0 saturated carbocycles. The molecule has 0 aliphatic carbocycles. The van der Waals surface area contributed by atoms with E-state index in [4.69, 9.17) is 5.11 Å². The molecule has 0 radical (unpaired) electrons. The molecule has 1 saturated heterocycles. The zero-order valence-electron chi connectivity index (χ0n) is 5.82. The molecule has 1 rings (SSSR count). The van der Waals surface area contributed by atoms with Crippen molar-refractivity contribution in [2.75, 3.05) is 19.4 Å². The summed E-state index contributed by atoms with van der Waals surface area (Å²) in [6, 6.07) is -0.157. The lowest BCUT2D eigenvalue weighted by Crippen LogP contribution is -2.52. The van der Waals surface area contributed by atoms with Gasteiger partial charge in [-0.25, -0.2) is 8.42 Å². The maximum Gasteiger partial charge on any atom is 0.211 e. The van der Waals surface area contributed by atoms with Gasteiger partial charge in [0, 0.05) is 12.6 Å². The molecule has 1 atom stereocenters. The molecule has 10 heavy (non-hydrogen) atoms. The highest BCUT2D eigenvalue weighted by Crippen LogP contribution is 2.19. The first kappa shape index (κ1) is 7.97. The van der Waals surface area contributed by atoms with Crippen LogP contribution in [0.15, 0.2) is 0 Å². The van der Waals surface area contributed by atoms with Crippen molar-refractivity contribution < 1.29 is 13.5 Å². The quantitative estimate of drug-likeness (QED) is 0.571. The average Bonchev–Trinajstić information content (AvgIpc) is 1.57. The second-order valence-electron chi connectivity index (χ2n) is 2.50. The first-order chi connectivity index (χ1) is 4.55. The van der Waals surface area contributed by atoms with E-state index in [2.05, 4.69) is 0 Å². The fourth-order valence-corrected chi connectivity index (χ4v) is 2.19. The van der Waals surface area contributed by atoms with Gasteiger partial charge in [-0.2, -0.15) is 4.31 Å². The standard InChI is InChI=1S/C5H11NO3S/c1-10(8,9)6-3-2-5(6)4-7/h5,7H,2-4H2,1H3/t5-/m1/s1. The Morgan fingerprint density at radius 3 is 2.40 bits per heavy atom. The minimum atomic E-state index is -3.05. The summed E-state index contributed by atoms with van der Waals surface area (Å²) >= 11 is 0. The number of sulfonamides is 1. The van der Waals surface area contributed by atoms with Crippen LogP contribution in [-0.2, 0) is 10.0 Å². The predicted molar refractivity (Wildman–Crippen MR) is 37.0 cm³/mol. The SMILES string of the molecule is CS(=O)(=O)N1CC[C@@H]1CO. The van der Waals surface area contributed by atoms with Gasteiger partial charge in [0.15, 0.2) is 0 Å². The highest BCUT2D eigenvalue weighted by atomic mass is 32.2. The van der Waals surface area contributed by atoms with E-state index in [9.17, 15) is 8.42 Å². The van der Waals surface area contributed by atoms with E-state index in [0.717, 1.165) is 12.7 Å². The van der Waals surface area contributed by atoms with Crippen LogP contribution in [0.3, 0.4) is 0 Å². The number of hydrogen-bond donors (Lipinski definition) is 1. The number of aliphatic hydroxyl groups is 1. The lowest BCUT2D eigenvalue weighted by atomic mass is 10.1. The van der Waals surface area contributed by atoms with Crippen LogP contribution in [-0.4, -0.2) is 43.3 Å². The minimum Gasteiger partial charge on any atom is -0.395 e. The van der Waals surface area contributed by atoms with Crippen LogP contribution >= 0.6 is 0 Å². The van der Waals surface area contributed by atoms with Gasteiger partial charge in [-0.15, -0.1) is 0 Å². The van der Waals surface area contributed by atoms with Gasteiger partial charge in [-0.1, -0.05) is 0 Å². The predicted octanol–water partition coefficient (Wildman–Crippen LogP) is -0.987. The summed E-state index contributed by atoms with van der Waals surface area (Å²) in [4.78, 5) is 0. The molecule has 60 valence electrons. The fourth-order valence-electron chi connectivity index (χ4n) is 1.04. The molecule has 0 spiro atoms. The maximum atomic E-state index is 10.8. The van der Waals surface area contributed by atoms with E-state index in [1.165, 1.54) is 4.31 Å². The number of aliphatic hydroxyl groups excluding tert-OH is 1. The highest BCUT2D eigenvalue weighted by Gasteiger charge is 2.33. The largest absolute Gasteiger partial charge is 0.395 e. The van der Waals surface area contributed by atoms with Crippen molar-refractivity contribution in [3.63, 3.8) is 0 Å². The van der Waals surface area contributed by atoms with E-state index < -0.39 is 10.0 Å². The van der Waals surface area contributed by atoms with Gasteiger partial charge in [-0.3, -0.25) is 0 Å². The zero-order chi connectivity index (χ0) is 7.78. The highest BCUT2D eigenvalue weighted by molar-refractivity contribution is 7.88. The van der Waals surface area contributed by atoms with Gasteiger partial charge in [-0.05, 0) is 6.42 Å². The van der Waals surface area contributed by atoms with Crippen LogP contribution in [0.1, 0.15) is 6.42 Å². The van der Waals surface area contributed by atoms with E-state index in [1.807, 2.05) is 0 Å². The third-order valence-electron chi connectivity index (χ3n) is 1.73. The van der Waals surface area contributed by atoms with Gasteiger partial charge in [0.05, 0.1) is 12.9 Å². The summed E-state index contributed by atoms with van der Waals surface area (Å²) in [5.74, 6) is 0. The fraction of sp³-hybridized carbons (Fsp3) is 1.00. The van der Waals surface area contributed by atoms with Crippen LogP contribution < -0.4 is 0 Å². The Labute approximate surface area is 60.5 Å². The van der Waals surface area contributed by atoms with Crippen molar-refractivity contribution in [1.82, 2.24) is 4.31 Å². The van der Waals surface area contributed by atoms with Crippen LogP contribution in [0, 0.1) is 0 Å². The number of hydrogen-bond acceptors (Lipinski definition) is 3. The number of nitrogens with zero attached hydrogens (tertiary/aromatic N) is 1. The molecule has 0 amide bonds. The van der Waals surface area contributed by atoms with E-state index in [1.54, 1.807) is 0 Å². The Bertz CT molecular complexity index is 209. The molecule has 1 heterocycles. The van der Waals surface area contributed by atoms with Crippen LogP contribution in [0.25, 0.3) is 0 Å². The monoisotopic (exact) mass is 165 g/mol. The molecule has 0 aromatic rings. The number of rotatable bonds is 2. The van der Waals surface area contributed by atoms with Crippen molar-refractivity contribution in [2.24, 2.45) is 0 Å². The Balaban J connectivity index is 2.60. The zero-order valence-corrected chi connectivity index (χ0v) is 6.63. The first-order valence-corrected chi connectivity index (χ1v) is 4.98. The Kier molecular flexibility index (Phi) is 1.98. The lowest BCUT2D eigenvalue weighted by Gasteiger charge is -2.37. The van der Waals surface area contributed by atoms with Crippen molar-refractivity contribution >= 4 is 10.0 Å². The normalized spacial score (nSPS) is 28.0. The smallest absolute Gasteiger partial charge is 0.211 e. The van der Waals surface area contributed by atoms with Crippen LogP contribution in [0.4, 0.5) is 0 Å².